The van der Waals surface area contributed by atoms with E-state index in [0.29, 0.717) is 6.04 Å². The molecular weight excluding hydrogens is 162 g/mol. The minimum atomic E-state index is 0.444. The van der Waals surface area contributed by atoms with E-state index in [9.17, 15) is 0 Å². The van der Waals surface area contributed by atoms with Gasteiger partial charge in [0.05, 0.1) is 6.04 Å². The van der Waals surface area contributed by atoms with Gasteiger partial charge >= 0.3 is 0 Å². The standard InChI is InChI=1S/C7H13NO.2C2H6/c1-3-6-5-9-7(4-2)8-6;2*1-2/h6H,3-5H2,1-2H3;2*1-2H3. The highest BCUT2D eigenvalue weighted by molar-refractivity contribution is 5.77. The lowest BCUT2D eigenvalue weighted by molar-refractivity contribution is 0.308. The molecule has 0 amide bonds. The lowest BCUT2D eigenvalue weighted by Gasteiger charge is -1.96. The maximum Gasteiger partial charge on any atom is 0.183 e. The van der Waals surface area contributed by atoms with Crippen LogP contribution < -0.4 is 0 Å². The number of rotatable bonds is 2. The number of ether oxygens (including phenoxy) is 1. The molecule has 0 aromatic carbocycles. The highest BCUT2D eigenvalue weighted by atomic mass is 16.5. The summed E-state index contributed by atoms with van der Waals surface area (Å²) in [5.74, 6) is 0.932. The molecule has 2 nitrogen and oxygen atoms in total. The van der Waals surface area contributed by atoms with E-state index in [1.807, 2.05) is 27.7 Å². The van der Waals surface area contributed by atoms with Crippen LogP contribution in [0.4, 0.5) is 0 Å². The van der Waals surface area contributed by atoms with E-state index in [1.165, 1.54) is 0 Å². The molecule has 0 aromatic heterocycles. The van der Waals surface area contributed by atoms with Crippen LogP contribution in [0.2, 0.25) is 0 Å². The van der Waals surface area contributed by atoms with Crippen LogP contribution in [0.25, 0.3) is 0 Å². The van der Waals surface area contributed by atoms with Crippen LogP contribution in [0.1, 0.15) is 54.4 Å². The zero-order chi connectivity index (χ0) is 10.7. The second-order valence-corrected chi connectivity index (χ2v) is 2.25. The molecule has 0 aliphatic carbocycles. The Hall–Kier alpha value is -0.530. The average Bonchev–Trinajstić information content (AvgIpc) is 2.71. The van der Waals surface area contributed by atoms with Crippen LogP contribution in [0.5, 0.6) is 0 Å². The van der Waals surface area contributed by atoms with Crippen molar-refractivity contribution >= 4 is 5.90 Å². The van der Waals surface area contributed by atoms with Gasteiger partial charge in [-0.15, -0.1) is 0 Å². The van der Waals surface area contributed by atoms with Crippen LogP contribution in [0.3, 0.4) is 0 Å². The first-order valence-corrected chi connectivity index (χ1v) is 5.56. The summed E-state index contributed by atoms with van der Waals surface area (Å²) < 4.78 is 5.26. The van der Waals surface area contributed by atoms with E-state index in [1.54, 1.807) is 0 Å². The van der Waals surface area contributed by atoms with E-state index < -0.39 is 0 Å². The van der Waals surface area contributed by atoms with E-state index in [4.69, 9.17) is 4.74 Å². The van der Waals surface area contributed by atoms with E-state index in [2.05, 4.69) is 18.8 Å². The Morgan fingerprint density at radius 3 is 2.00 bits per heavy atom. The molecule has 1 atom stereocenters. The van der Waals surface area contributed by atoms with Crippen molar-refractivity contribution in [2.45, 2.75) is 60.4 Å². The molecule has 0 saturated heterocycles. The molecule has 0 bridgehead atoms. The van der Waals surface area contributed by atoms with Gasteiger partial charge in [-0.1, -0.05) is 41.5 Å². The Bertz CT molecular complexity index is 121. The van der Waals surface area contributed by atoms with Crippen molar-refractivity contribution in [1.82, 2.24) is 0 Å². The molecule has 13 heavy (non-hydrogen) atoms. The van der Waals surface area contributed by atoms with Crippen molar-refractivity contribution in [3.05, 3.63) is 0 Å². The van der Waals surface area contributed by atoms with Gasteiger partial charge in [-0.3, -0.25) is 0 Å². The molecule has 1 rings (SSSR count). The van der Waals surface area contributed by atoms with Gasteiger partial charge in [-0.25, -0.2) is 4.99 Å². The van der Waals surface area contributed by atoms with E-state index >= 15 is 0 Å². The summed E-state index contributed by atoms with van der Waals surface area (Å²) in [7, 11) is 0. The van der Waals surface area contributed by atoms with Crippen molar-refractivity contribution < 1.29 is 4.74 Å². The number of aliphatic imine (C=N–C) groups is 1. The molecule has 1 aliphatic rings. The van der Waals surface area contributed by atoms with Crippen molar-refractivity contribution in [3.63, 3.8) is 0 Å². The monoisotopic (exact) mass is 187 g/mol. The zero-order valence-corrected chi connectivity index (χ0v) is 10.1. The van der Waals surface area contributed by atoms with Crippen LogP contribution >= 0.6 is 0 Å². The highest BCUT2D eigenvalue weighted by Crippen LogP contribution is 2.08. The van der Waals surface area contributed by atoms with Gasteiger partial charge in [0.25, 0.3) is 0 Å². The lowest BCUT2D eigenvalue weighted by Crippen LogP contribution is -2.03. The minimum absolute atomic E-state index is 0.444. The largest absolute Gasteiger partial charge is 0.479 e. The summed E-state index contributed by atoms with van der Waals surface area (Å²) in [5.41, 5.74) is 0. The lowest BCUT2D eigenvalue weighted by atomic mass is 10.3. The van der Waals surface area contributed by atoms with Gasteiger partial charge in [-0.2, -0.15) is 0 Å². The second kappa shape index (κ2) is 11.5. The maximum atomic E-state index is 5.26. The van der Waals surface area contributed by atoms with Gasteiger partial charge < -0.3 is 4.74 Å². The molecule has 80 valence electrons. The third kappa shape index (κ3) is 6.62. The van der Waals surface area contributed by atoms with Gasteiger partial charge in [0.15, 0.2) is 5.90 Å². The predicted octanol–water partition coefficient (Wildman–Crippen LogP) is 3.66. The number of hydrogen-bond donors (Lipinski definition) is 0. The van der Waals surface area contributed by atoms with Crippen molar-refractivity contribution in [2.75, 3.05) is 6.61 Å². The molecular formula is C11H25NO. The Morgan fingerprint density at radius 2 is 1.77 bits per heavy atom. The molecule has 0 fully saturated rings. The molecule has 2 heteroatoms. The summed E-state index contributed by atoms with van der Waals surface area (Å²) in [5, 5.41) is 0. The molecule has 0 saturated carbocycles. The first-order chi connectivity index (χ1) is 6.36. The molecule has 0 N–H and O–H groups in total. The van der Waals surface area contributed by atoms with Crippen LogP contribution in [0, 0.1) is 0 Å². The van der Waals surface area contributed by atoms with Gasteiger partial charge in [0.2, 0.25) is 0 Å². The highest BCUT2D eigenvalue weighted by Gasteiger charge is 2.14. The SMILES string of the molecule is CC.CC.CCC1=NC(CC)CO1. The van der Waals surface area contributed by atoms with Crippen LogP contribution in [0.15, 0.2) is 4.99 Å². The number of hydrogen-bond acceptors (Lipinski definition) is 2. The Labute approximate surface area is 83.4 Å². The normalized spacial score (nSPS) is 18.6. The van der Waals surface area contributed by atoms with Crippen LogP contribution in [-0.4, -0.2) is 18.5 Å². The number of nitrogens with zero attached hydrogens (tertiary/aromatic N) is 1. The smallest absolute Gasteiger partial charge is 0.183 e. The van der Waals surface area contributed by atoms with Gasteiger partial charge in [-0.05, 0) is 6.42 Å². The third-order valence-corrected chi connectivity index (χ3v) is 1.54. The first-order valence-electron chi connectivity index (χ1n) is 5.56. The zero-order valence-electron chi connectivity index (χ0n) is 10.1. The predicted molar refractivity (Wildman–Crippen MR) is 60.5 cm³/mol. The maximum absolute atomic E-state index is 5.26. The summed E-state index contributed by atoms with van der Waals surface area (Å²) in [6.07, 6.45) is 2.04. The quantitative estimate of drug-likeness (QED) is 0.646. The molecule has 1 aliphatic heterocycles. The molecule has 0 radical (unpaired) electrons. The average molecular weight is 187 g/mol. The van der Waals surface area contributed by atoms with Crippen molar-refractivity contribution in [1.29, 1.82) is 0 Å². The van der Waals surface area contributed by atoms with E-state index in [0.717, 1.165) is 25.3 Å². The Kier molecular flexibility index (Phi) is 13.2. The first kappa shape index (κ1) is 15.0. The van der Waals surface area contributed by atoms with Gasteiger partial charge in [0, 0.05) is 6.42 Å². The third-order valence-electron chi connectivity index (χ3n) is 1.54. The second-order valence-electron chi connectivity index (χ2n) is 2.25. The molecule has 1 unspecified atom stereocenters. The van der Waals surface area contributed by atoms with Crippen LogP contribution in [-0.2, 0) is 4.74 Å². The minimum Gasteiger partial charge on any atom is -0.479 e. The summed E-state index contributed by atoms with van der Waals surface area (Å²) in [6.45, 7) is 13.0. The van der Waals surface area contributed by atoms with E-state index in [-0.39, 0.29) is 0 Å². The fraction of sp³-hybridized carbons (Fsp3) is 0.909. The Balaban J connectivity index is 0. The van der Waals surface area contributed by atoms with Crippen molar-refractivity contribution in [3.8, 4) is 0 Å². The summed E-state index contributed by atoms with van der Waals surface area (Å²) in [6, 6.07) is 0.444. The van der Waals surface area contributed by atoms with Crippen molar-refractivity contribution in [2.24, 2.45) is 4.99 Å². The molecule has 1 heterocycles. The summed E-state index contributed by atoms with van der Waals surface area (Å²) in [4.78, 5) is 4.32. The Morgan fingerprint density at radius 1 is 1.23 bits per heavy atom. The molecule has 0 aromatic rings. The fourth-order valence-corrected chi connectivity index (χ4v) is 0.873. The summed E-state index contributed by atoms with van der Waals surface area (Å²) >= 11 is 0. The molecule has 0 spiro atoms. The fourth-order valence-electron chi connectivity index (χ4n) is 0.873. The van der Waals surface area contributed by atoms with Gasteiger partial charge in [0.1, 0.15) is 6.61 Å². The topological polar surface area (TPSA) is 21.6 Å².